The van der Waals surface area contributed by atoms with Gasteiger partial charge in [-0.05, 0) is 74.2 Å². The molecular formula is C45H46F2N12O5. The summed E-state index contributed by atoms with van der Waals surface area (Å²) in [7, 11) is 3.06. The number of nitrogens with zero attached hydrogens (tertiary/aromatic N) is 8. The summed E-state index contributed by atoms with van der Waals surface area (Å²) >= 11 is 0. The number of rotatable bonds is 8. The molecule has 0 amide bonds. The number of ether oxygens (including phenoxy) is 3. The standard InChI is InChI=1S/C25H27FN6O3.C20H19FN6O2/c1-14-23-20(31-25(27)28-14)13-19(30-24(23)32-35-22-8-3-4-11-34-22)16-10-9-15(26)12-17(16)18-6-5-7-21(29-18)33-2;1-10-18-16(26-20(22)23-10)9-15(25-19(18)27-28)12-7-6-11(21)8-13(12)14-4-3-5-17(24-14)29-2/h5-7,9-10,12,19,22H,3-4,8,11,13H2,1-2H3,(H,30,32)(H2,27,28,31);3-8,15,28H,9H2,1-2H3,(H,25,27)(H2,22,23,26)/t19-,22?;15-/m11/s1. The van der Waals surface area contributed by atoms with Gasteiger partial charge in [0.1, 0.15) is 11.6 Å². The summed E-state index contributed by atoms with van der Waals surface area (Å²) in [5.74, 6) is 1.15. The van der Waals surface area contributed by atoms with Gasteiger partial charge in [-0.1, -0.05) is 24.3 Å². The number of pyridine rings is 2. The number of hydroxylamine groups is 2. The van der Waals surface area contributed by atoms with Crippen LogP contribution in [0.3, 0.4) is 0 Å². The minimum Gasteiger partial charge on any atom is -0.481 e. The molecule has 3 aliphatic heterocycles. The number of nitrogens with two attached hydrogens (primary N) is 2. The van der Waals surface area contributed by atoms with Gasteiger partial charge < -0.3 is 25.7 Å². The third kappa shape index (κ3) is 9.41. The molecule has 0 spiro atoms. The van der Waals surface area contributed by atoms with E-state index in [-0.39, 0.29) is 29.8 Å². The Kier molecular flexibility index (Phi) is 12.9. The quantitative estimate of drug-likeness (QED) is 0.106. The monoisotopic (exact) mass is 872 g/mol. The van der Waals surface area contributed by atoms with E-state index in [2.05, 4.69) is 45.9 Å². The minimum absolute atomic E-state index is 0.146. The molecule has 9 rings (SSSR count). The molecule has 4 aromatic heterocycles. The maximum Gasteiger partial charge on any atom is 0.220 e. The van der Waals surface area contributed by atoms with E-state index in [1.165, 1.54) is 31.4 Å². The summed E-state index contributed by atoms with van der Waals surface area (Å²) in [5.41, 5.74) is 24.8. The van der Waals surface area contributed by atoms with E-state index in [9.17, 15) is 14.0 Å². The van der Waals surface area contributed by atoms with Gasteiger partial charge >= 0.3 is 0 Å². The molecule has 17 nitrogen and oxygen atoms in total. The van der Waals surface area contributed by atoms with Crippen LogP contribution in [0.5, 0.6) is 11.8 Å². The Balaban J connectivity index is 0.000000178. The van der Waals surface area contributed by atoms with Crippen molar-refractivity contribution in [2.24, 2.45) is 9.98 Å². The van der Waals surface area contributed by atoms with Gasteiger partial charge in [0.15, 0.2) is 18.0 Å². The molecular weight excluding hydrogens is 827 g/mol. The van der Waals surface area contributed by atoms with Gasteiger partial charge in [0.05, 0.1) is 71.6 Å². The van der Waals surface area contributed by atoms with Crippen LogP contribution in [0.1, 0.15) is 76.4 Å². The van der Waals surface area contributed by atoms with Crippen LogP contribution in [-0.4, -0.2) is 73.9 Å². The highest BCUT2D eigenvalue weighted by Gasteiger charge is 2.31. The lowest BCUT2D eigenvalue weighted by Gasteiger charge is -2.28. The predicted molar refractivity (Wildman–Crippen MR) is 233 cm³/mol. The van der Waals surface area contributed by atoms with Gasteiger partial charge in [-0.2, -0.15) is 0 Å². The van der Waals surface area contributed by atoms with E-state index in [0.717, 1.165) is 41.6 Å². The van der Waals surface area contributed by atoms with Crippen molar-refractivity contribution in [2.75, 3.05) is 32.3 Å². The van der Waals surface area contributed by atoms with Gasteiger partial charge in [-0.3, -0.25) is 20.7 Å². The Morgan fingerprint density at radius 2 is 1.19 bits per heavy atom. The molecule has 7 N–H and O–H groups in total. The summed E-state index contributed by atoms with van der Waals surface area (Å²) in [5, 5.41) is 9.64. The fourth-order valence-corrected chi connectivity index (χ4v) is 8.01. The maximum absolute atomic E-state index is 14.4. The van der Waals surface area contributed by atoms with Gasteiger partial charge in [-0.15, -0.1) is 0 Å². The van der Waals surface area contributed by atoms with E-state index in [0.29, 0.717) is 82.2 Å². The molecule has 3 atom stereocenters. The normalized spacial score (nSPS) is 17.7. The van der Waals surface area contributed by atoms with Crippen molar-refractivity contribution in [3.8, 4) is 34.3 Å². The Morgan fingerprint density at radius 3 is 1.67 bits per heavy atom. The van der Waals surface area contributed by atoms with Gasteiger partial charge in [0.2, 0.25) is 23.7 Å². The lowest BCUT2D eigenvalue weighted by molar-refractivity contribution is -0.182. The smallest absolute Gasteiger partial charge is 0.220 e. The van der Waals surface area contributed by atoms with Gasteiger partial charge in [0, 0.05) is 49.1 Å². The Bertz CT molecular complexity index is 2750. The molecule has 0 aliphatic carbocycles. The molecule has 19 heteroatoms. The number of aromatic nitrogens is 6. The van der Waals surface area contributed by atoms with Crippen LogP contribution in [0.25, 0.3) is 22.5 Å². The SMILES string of the molecule is COc1cccc(-c2cc(F)ccc2[C@H]2Cc3nc(N)nc(C)c3C(NO)=N2)n1.COc1cccc(-c2cc(F)ccc2[C@H]2Cc3nc(N)nc(C)c3C(NOC3CCCCO3)=N2)n1. The minimum atomic E-state index is -0.436. The first-order valence-corrected chi connectivity index (χ1v) is 20.5. The predicted octanol–water partition coefficient (Wildman–Crippen LogP) is 6.27. The summed E-state index contributed by atoms with van der Waals surface area (Å²) in [6, 6.07) is 18.9. The molecule has 1 fully saturated rings. The highest BCUT2D eigenvalue weighted by Crippen LogP contribution is 2.38. The highest BCUT2D eigenvalue weighted by atomic mass is 19.1. The third-order valence-electron chi connectivity index (χ3n) is 10.9. The average molecular weight is 873 g/mol. The Hall–Kier alpha value is -7.22. The van der Waals surface area contributed by atoms with Crippen LogP contribution < -0.4 is 31.9 Å². The van der Waals surface area contributed by atoms with Crippen molar-refractivity contribution in [3.63, 3.8) is 0 Å². The third-order valence-corrected chi connectivity index (χ3v) is 10.9. The summed E-state index contributed by atoms with van der Waals surface area (Å²) in [6.45, 7) is 4.28. The molecule has 7 heterocycles. The summed E-state index contributed by atoms with van der Waals surface area (Å²) in [4.78, 5) is 41.6. The number of aryl methyl sites for hydroxylation is 2. The molecule has 1 unspecified atom stereocenters. The number of amidine groups is 2. The van der Waals surface area contributed by atoms with E-state index < -0.39 is 17.9 Å². The van der Waals surface area contributed by atoms with E-state index in [1.54, 1.807) is 50.4 Å². The molecule has 0 saturated carbocycles. The van der Waals surface area contributed by atoms with Crippen LogP contribution in [-0.2, 0) is 22.4 Å². The maximum atomic E-state index is 14.4. The van der Waals surface area contributed by atoms with Crippen LogP contribution in [0.15, 0.2) is 82.8 Å². The summed E-state index contributed by atoms with van der Waals surface area (Å²) in [6.07, 6.45) is 3.34. The van der Waals surface area contributed by atoms with Crippen LogP contribution >= 0.6 is 0 Å². The first kappa shape index (κ1) is 43.4. The lowest BCUT2D eigenvalue weighted by Crippen LogP contribution is -2.37. The van der Waals surface area contributed by atoms with Crippen LogP contribution in [0.4, 0.5) is 20.7 Å². The topological polar surface area (TPSA) is 235 Å². The van der Waals surface area contributed by atoms with Gasteiger partial charge in [-0.25, -0.2) is 49.0 Å². The largest absolute Gasteiger partial charge is 0.481 e. The van der Waals surface area contributed by atoms with E-state index in [1.807, 2.05) is 19.1 Å². The number of hydrogen-bond acceptors (Lipinski definition) is 17. The number of nitrogens with one attached hydrogen (secondary N) is 2. The zero-order chi connectivity index (χ0) is 44.9. The number of nitrogen functional groups attached to an aromatic ring is 2. The van der Waals surface area contributed by atoms with E-state index >= 15 is 0 Å². The number of hydrogen-bond donors (Lipinski definition) is 5. The zero-order valence-corrected chi connectivity index (χ0v) is 35.5. The number of halogens is 2. The average Bonchev–Trinajstić information content (AvgIpc) is 3.30. The molecule has 1 saturated heterocycles. The molecule has 0 bridgehead atoms. The molecule has 2 aromatic carbocycles. The second-order valence-electron chi connectivity index (χ2n) is 15.1. The zero-order valence-electron chi connectivity index (χ0n) is 35.5. The summed E-state index contributed by atoms with van der Waals surface area (Å²) < 4.78 is 44.6. The lowest BCUT2D eigenvalue weighted by atomic mass is 9.91. The van der Waals surface area contributed by atoms with Crippen molar-refractivity contribution < 1.29 is 33.0 Å². The van der Waals surface area contributed by atoms with Crippen molar-refractivity contribution in [3.05, 3.63) is 129 Å². The molecule has 330 valence electrons. The fraction of sp³-hybridized carbons (Fsp3) is 0.289. The van der Waals surface area contributed by atoms with Crippen LogP contribution in [0.2, 0.25) is 0 Å². The first-order chi connectivity index (χ1) is 31.0. The molecule has 64 heavy (non-hydrogen) atoms. The van der Waals surface area contributed by atoms with Crippen molar-refractivity contribution in [1.29, 1.82) is 0 Å². The number of methoxy groups -OCH3 is 2. The number of fused-ring (bicyclic) bond motifs is 2. The van der Waals surface area contributed by atoms with Crippen molar-refractivity contribution in [1.82, 2.24) is 40.9 Å². The van der Waals surface area contributed by atoms with E-state index in [4.69, 9.17) is 35.5 Å². The number of aliphatic imine (C=N–C) groups is 2. The number of benzene rings is 2. The van der Waals surface area contributed by atoms with Gasteiger partial charge in [0.25, 0.3) is 0 Å². The second kappa shape index (κ2) is 19.0. The van der Waals surface area contributed by atoms with Crippen LogP contribution in [0, 0.1) is 25.5 Å². The Morgan fingerprint density at radius 1 is 0.672 bits per heavy atom. The molecule has 0 radical (unpaired) electrons. The first-order valence-electron chi connectivity index (χ1n) is 20.5. The number of anilines is 2. The van der Waals surface area contributed by atoms with Crippen molar-refractivity contribution >= 4 is 23.6 Å². The molecule has 6 aromatic rings. The second-order valence-corrected chi connectivity index (χ2v) is 15.1. The fourth-order valence-electron chi connectivity index (χ4n) is 8.01. The Labute approximate surface area is 367 Å². The molecule has 3 aliphatic rings. The highest BCUT2D eigenvalue weighted by molar-refractivity contribution is 6.02. The van der Waals surface area contributed by atoms with Crippen molar-refractivity contribution in [2.45, 2.75) is 64.3 Å².